The smallest absolute Gasteiger partial charge is 0.241 e. The number of aryl methyl sites for hydroxylation is 1. The Morgan fingerprint density at radius 1 is 1.19 bits per heavy atom. The van der Waals surface area contributed by atoms with Crippen LogP contribution in [0.3, 0.4) is 0 Å². The second-order valence-corrected chi connectivity index (χ2v) is 5.73. The number of amides is 1. The molecule has 3 nitrogen and oxygen atoms in total. The summed E-state index contributed by atoms with van der Waals surface area (Å²) in [7, 11) is 0. The molecule has 1 aliphatic heterocycles. The van der Waals surface area contributed by atoms with Crippen LogP contribution in [0, 0.1) is 6.92 Å². The van der Waals surface area contributed by atoms with Gasteiger partial charge in [0, 0.05) is 6.54 Å². The van der Waals surface area contributed by atoms with Gasteiger partial charge in [-0.3, -0.25) is 4.79 Å². The lowest BCUT2D eigenvalue weighted by Crippen LogP contribution is -2.44. The first-order chi connectivity index (χ1) is 10.1. The van der Waals surface area contributed by atoms with E-state index in [1.54, 1.807) is 6.07 Å². The molecule has 0 radical (unpaired) electrons. The van der Waals surface area contributed by atoms with E-state index < -0.39 is 0 Å². The summed E-state index contributed by atoms with van der Waals surface area (Å²) in [5, 5.41) is 6.79. The maximum Gasteiger partial charge on any atom is 0.241 e. The predicted molar refractivity (Wildman–Crippen MR) is 85.6 cm³/mol. The van der Waals surface area contributed by atoms with Gasteiger partial charge in [0.25, 0.3) is 0 Å². The number of benzene rings is 2. The van der Waals surface area contributed by atoms with Crippen molar-refractivity contribution in [2.75, 3.05) is 5.32 Å². The topological polar surface area (TPSA) is 41.1 Å². The summed E-state index contributed by atoms with van der Waals surface area (Å²) in [4.78, 5) is 12.4. The molecule has 1 heterocycles. The van der Waals surface area contributed by atoms with Crippen LogP contribution in [-0.4, -0.2) is 11.9 Å². The highest BCUT2D eigenvalue weighted by Gasteiger charge is 2.24. The standard InChI is InChI=1S/C17H17ClN2O/c1-11-5-4-8-14(18)16(11)20-17(21)15-9-12-6-2-3-7-13(12)10-19-15/h2-8,15,19H,9-10H2,1H3,(H,20,21). The van der Waals surface area contributed by atoms with Crippen LogP contribution < -0.4 is 10.6 Å². The Labute approximate surface area is 129 Å². The quantitative estimate of drug-likeness (QED) is 0.893. The van der Waals surface area contributed by atoms with Gasteiger partial charge in [-0.25, -0.2) is 0 Å². The van der Waals surface area contributed by atoms with E-state index in [0.29, 0.717) is 17.1 Å². The van der Waals surface area contributed by atoms with Crippen molar-refractivity contribution in [3.63, 3.8) is 0 Å². The van der Waals surface area contributed by atoms with E-state index in [-0.39, 0.29) is 11.9 Å². The molecule has 0 bridgehead atoms. The van der Waals surface area contributed by atoms with Crippen LogP contribution in [0.15, 0.2) is 42.5 Å². The summed E-state index contributed by atoms with van der Waals surface area (Å²) in [5.41, 5.74) is 4.15. The van der Waals surface area contributed by atoms with Crippen LogP contribution in [0.4, 0.5) is 5.69 Å². The predicted octanol–water partition coefficient (Wildman–Crippen LogP) is 3.30. The minimum absolute atomic E-state index is 0.0410. The molecule has 2 aromatic carbocycles. The summed E-state index contributed by atoms with van der Waals surface area (Å²) >= 11 is 6.16. The van der Waals surface area contributed by atoms with Gasteiger partial charge in [0.1, 0.15) is 0 Å². The first-order valence-electron chi connectivity index (χ1n) is 7.01. The van der Waals surface area contributed by atoms with Gasteiger partial charge in [-0.15, -0.1) is 0 Å². The fourth-order valence-corrected chi connectivity index (χ4v) is 2.91. The number of carbonyl (C=O) groups excluding carboxylic acids is 1. The highest BCUT2D eigenvalue weighted by atomic mass is 35.5. The van der Waals surface area contributed by atoms with E-state index in [9.17, 15) is 4.79 Å². The molecular weight excluding hydrogens is 284 g/mol. The molecule has 0 saturated carbocycles. The normalized spacial score (nSPS) is 17.1. The second kappa shape index (κ2) is 5.88. The van der Waals surface area contributed by atoms with Crippen molar-refractivity contribution in [1.82, 2.24) is 5.32 Å². The molecule has 3 rings (SSSR count). The number of hydrogen-bond acceptors (Lipinski definition) is 2. The Morgan fingerprint density at radius 3 is 2.71 bits per heavy atom. The van der Waals surface area contributed by atoms with Gasteiger partial charge in [-0.1, -0.05) is 48.0 Å². The third-order valence-corrected chi connectivity index (χ3v) is 4.18. The van der Waals surface area contributed by atoms with Crippen molar-refractivity contribution in [3.05, 3.63) is 64.2 Å². The van der Waals surface area contributed by atoms with E-state index in [0.717, 1.165) is 12.1 Å². The lowest BCUT2D eigenvalue weighted by Gasteiger charge is -2.25. The average Bonchev–Trinajstić information content (AvgIpc) is 2.50. The van der Waals surface area contributed by atoms with Crippen molar-refractivity contribution in [1.29, 1.82) is 0 Å². The number of anilines is 1. The SMILES string of the molecule is Cc1cccc(Cl)c1NC(=O)C1Cc2ccccc2CN1. The zero-order valence-electron chi connectivity index (χ0n) is 11.8. The minimum Gasteiger partial charge on any atom is -0.323 e. The molecule has 1 unspecified atom stereocenters. The molecule has 0 aliphatic carbocycles. The van der Waals surface area contributed by atoms with Crippen molar-refractivity contribution < 1.29 is 4.79 Å². The zero-order chi connectivity index (χ0) is 14.8. The van der Waals surface area contributed by atoms with E-state index in [1.807, 2.05) is 31.2 Å². The third-order valence-electron chi connectivity index (χ3n) is 3.87. The van der Waals surface area contributed by atoms with E-state index in [2.05, 4.69) is 22.8 Å². The number of rotatable bonds is 2. The summed E-state index contributed by atoms with van der Waals surface area (Å²) < 4.78 is 0. The molecule has 1 aliphatic rings. The molecule has 0 fully saturated rings. The van der Waals surface area contributed by atoms with Crippen LogP contribution >= 0.6 is 11.6 Å². The number of para-hydroxylation sites is 1. The van der Waals surface area contributed by atoms with Crippen LogP contribution in [-0.2, 0) is 17.8 Å². The average molecular weight is 301 g/mol. The Hall–Kier alpha value is -1.84. The van der Waals surface area contributed by atoms with E-state index in [4.69, 9.17) is 11.6 Å². The maximum atomic E-state index is 12.4. The van der Waals surface area contributed by atoms with Gasteiger partial charge < -0.3 is 10.6 Å². The first kappa shape index (κ1) is 14.1. The zero-order valence-corrected chi connectivity index (χ0v) is 12.6. The summed E-state index contributed by atoms with van der Waals surface area (Å²) in [6.07, 6.45) is 0.700. The van der Waals surface area contributed by atoms with Crippen molar-refractivity contribution in [2.45, 2.75) is 25.9 Å². The molecule has 1 amide bonds. The van der Waals surface area contributed by atoms with E-state index >= 15 is 0 Å². The van der Waals surface area contributed by atoms with Crippen LogP contribution in [0.1, 0.15) is 16.7 Å². The molecule has 2 N–H and O–H groups in total. The fraction of sp³-hybridized carbons (Fsp3) is 0.235. The Bertz CT molecular complexity index is 664. The summed E-state index contributed by atoms with van der Waals surface area (Å²) in [5.74, 6) is -0.0410. The molecule has 4 heteroatoms. The number of nitrogens with one attached hydrogen (secondary N) is 2. The third kappa shape index (κ3) is 2.94. The molecular formula is C17H17ClN2O. The first-order valence-corrected chi connectivity index (χ1v) is 7.39. The number of halogens is 1. The van der Waals surface area contributed by atoms with Crippen LogP contribution in [0.25, 0.3) is 0 Å². The van der Waals surface area contributed by atoms with Crippen LogP contribution in [0.2, 0.25) is 5.02 Å². The Morgan fingerprint density at radius 2 is 1.95 bits per heavy atom. The van der Waals surface area contributed by atoms with Gasteiger partial charge in [-0.2, -0.15) is 0 Å². The molecule has 0 spiro atoms. The highest BCUT2D eigenvalue weighted by Crippen LogP contribution is 2.26. The number of fused-ring (bicyclic) bond motifs is 1. The van der Waals surface area contributed by atoms with Crippen LogP contribution in [0.5, 0.6) is 0 Å². The number of hydrogen-bond donors (Lipinski definition) is 2. The van der Waals surface area contributed by atoms with Crippen molar-refractivity contribution >= 4 is 23.2 Å². The van der Waals surface area contributed by atoms with Gasteiger partial charge in [0.15, 0.2) is 0 Å². The Kier molecular flexibility index (Phi) is 3.95. The second-order valence-electron chi connectivity index (χ2n) is 5.33. The number of carbonyl (C=O) groups is 1. The molecule has 2 aromatic rings. The van der Waals surface area contributed by atoms with Gasteiger partial charge >= 0.3 is 0 Å². The monoisotopic (exact) mass is 300 g/mol. The highest BCUT2D eigenvalue weighted by molar-refractivity contribution is 6.34. The summed E-state index contributed by atoms with van der Waals surface area (Å²) in [6, 6.07) is 13.6. The van der Waals surface area contributed by atoms with Gasteiger partial charge in [0.05, 0.1) is 16.8 Å². The summed E-state index contributed by atoms with van der Waals surface area (Å²) in [6.45, 7) is 2.65. The lowest BCUT2D eigenvalue weighted by atomic mass is 9.95. The maximum absolute atomic E-state index is 12.4. The Balaban J connectivity index is 1.76. The van der Waals surface area contributed by atoms with Gasteiger partial charge in [-0.05, 0) is 36.1 Å². The molecule has 0 saturated heterocycles. The molecule has 1 atom stereocenters. The minimum atomic E-state index is -0.226. The lowest BCUT2D eigenvalue weighted by molar-refractivity contribution is -0.118. The fourth-order valence-electron chi connectivity index (χ4n) is 2.64. The van der Waals surface area contributed by atoms with Crippen molar-refractivity contribution in [3.8, 4) is 0 Å². The molecule has 21 heavy (non-hydrogen) atoms. The van der Waals surface area contributed by atoms with Gasteiger partial charge in [0.2, 0.25) is 5.91 Å². The molecule has 0 aromatic heterocycles. The molecule has 108 valence electrons. The van der Waals surface area contributed by atoms with Crippen molar-refractivity contribution in [2.24, 2.45) is 0 Å². The van der Waals surface area contributed by atoms with E-state index in [1.165, 1.54) is 11.1 Å². The largest absolute Gasteiger partial charge is 0.323 e.